The highest BCUT2D eigenvalue weighted by Gasteiger charge is 2.39. The molecule has 1 fully saturated rings. The van der Waals surface area contributed by atoms with Gasteiger partial charge in [0.2, 0.25) is 11.8 Å². The molecule has 7 nitrogen and oxygen atoms in total. The summed E-state index contributed by atoms with van der Waals surface area (Å²) in [7, 11) is 4.29. The van der Waals surface area contributed by atoms with Crippen LogP contribution in [-0.2, 0) is 28.2 Å². The van der Waals surface area contributed by atoms with Crippen molar-refractivity contribution in [3.05, 3.63) is 76.4 Å². The van der Waals surface area contributed by atoms with E-state index < -0.39 is 0 Å². The summed E-state index contributed by atoms with van der Waals surface area (Å²) in [6.07, 6.45) is 5.77. The van der Waals surface area contributed by atoms with Crippen molar-refractivity contribution in [2.45, 2.75) is 70.1 Å². The summed E-state index contributed by atoms with van der Waals surface area (Å²) in [6.45, 7) is 3.21. The van der Waals surface area contributed by atoms with E-state index >= 15 is 0 Å². The van der Waals surface area contributed by atoms with Crippen LogP contribution in [0.15, 0.2) is 64.6 Å². The number of hydrogen-bond donors (Lipinski definition) is 1. The number of thiophene rings is 1. The molecular formula is C30H39N3O4S. The lowest BCUT2D eigenvalue weighted by Crippen LogP contribution is -2.48. The molecule has 1 saturated carbocycles. The summed E-state index contributed by atoms with van der Waals surface area (Å²) in [5.41, 5.74) is 0.964. The molecule has 38 heavy (non-hydrogen) atoms. The molecule has 1 aliphatic carbocycles. The number of hydrogen-bond acceptors (Lipinski definition) is 6. The third-order valence-corrected chi connectivity index (χ3v) is 8.56. The quantitative estimate of drug-likeness (QED) is 0.327. The predicted molar refractivity (Wildman–Crippen MR) is 150 cm³/mol. The topological polar surface area (TPSA) is 75.0 Å². The van der Waals surface area contributed by atoms with Gasteiger partial charge in [-0.1, -0.05) is 24.3 Å². The summed E-state index contributed by atoms with van der Waals surface area (Å²) in [4.78, 5) is 31.6. The molecule has 0 aliphatic heterocycles. The molecule has 2 amide bonds. The lowest BCUT2D eigenvalue weighted by molar-refractivity contribution is -0.135. The van der Waals surface area contributed by atoms with Crippen LogP contribution in [0, 0.1) is 0 Å². The SMILES string of the molecule is CCOc1ccccc1CN(Cc1ccco1)C(=O)CCC(=O)NC1CCC(c2cccs2)(N(C)C)CC1. The minimum Gasteiger partial charge on any atom is -0.494 e. The second-order valence-electron chi connectivity index (χ2n) is 10.1. The van der Waals surface area contributed by atoms with Crippen molar-refractivity contribution in [3.63, 3.8) is 0 Å². The molecule has 0 spiro atoms. The number of carbonyl (C=O) groups is 2. The Bertz CT molecular complexity index is 1150. The number of benzene rings is 1. The second-order valence-corrected chi connectivity index (χ2v) is 11.1. The molecule has 1 aromatic carbocycles. The minimum absolute atomic E-state index is 0.0372. The minimum atomic E-state index is -0.0872. The number of rotatable bonds is 12. The predicted octanol–water partition coefficient (Wildman–Crippen LogP) is 5.56. The van der Waals surface area contributed by atoms with Gasteiger partial charge < -0.3 is 19.4 Å². The highest BCUT2D eigenvalue weighted by atomic mass is 32.1. The van der Waals surface area contributed by atoms with Crippen LogP contribution in [0.5, 0.6) is 5.75 Å². The van der Waals surface area contributed by atoms with E-state index in [9.17, 15) is 9.59 Å². The van der Waals surface area contributed by atoms with Crippen molar-refractivity contribution in [1.29, 1.82) is 0 Å². The number of furan rings is 1. The monoisotopic (exact) mass is 537 g/mol. The largest absolute Gasteiger partial charge is 0.494 e. The lowest BCUT2D eigenvalue weighted by atomic mass is 9.77. The van der Waals surface area contributed by atoms with Crippen molar-refractivity contribution in [1.82, 2.24) is 15.1 Å². The van der Waals surface area contributed by atoms with Crippen LogP contribution in [-0.4, -0.2) is 48.4 Å². The first kappa shape index (κ1) is 27.9. The Morgan fingerprint density at radius 3 is 2.50 bits per heavy atom. The summed E-state index contributed by atoms with van der Waals surface area (Å²) >= 11 is 1.81. The Kier molecular flexibility index (Phi) is 9.63. The maximum atomic E-state index is 13.3. The first-order valence-corrected chi connectivity index (χ1v) is 14.3. The summed E-state index contributed by atoms with van der Waals surface area (Å²) in [6, 6.07) is 15.9. The van der Waals surface area contributed by atoms with Gasteiger partial charge in [0.15, 0.2) is 0 Å². The van der Waals surface area contributed by atoms with Crippen molar-refractivity contribution < 1.29 is 18.7 Å². The fourth-order valence-corrected chi connectivity index (χ4v) is 6.40. The van der Waals surface area contributed by atoms with Gasteiger partial charge in [0.1, 0.15) is 11.5 Å². The van der Waals surface area contributed by atoms with Crippen LogP contribution in [0.25, 0.3) is 0 Å². The van der Waals surface area contributed by atoms with E-state index in [0.717, 1.165) is 37.0 Å². The van der Waals surface area contributed by atoms with Crippen molar-refractivity contribution in [2.75, 3.05) is 20.7 Å². The molecule has 204 valence electrons. The summed E-state index contributed by atoms with van der Waals surface area (Å²) in [5.74, 6) is 1.31. The van der Waals surface area contributed by atoms with E-state index in [2.05, 4.69) is 41.8 Å². The zero-order chi connectivity index (χ0) is 27.0. The van der Waals surface area contributed by atoms with Crippen LogP contribution in [0.2, 0.25) is 0 Å². The van der Waals surface area contributed by atoms with E-state index in [4.69, 9.17) is 9.15 Å². The number of carbonyl (C=O) groups excluding carboxylic acids is 2. The van der Waals surface area contributed by atoms with Crippen LogP contribution >= 0.6 is 11.3 Å². The Labute approximate surface area is 229 Å². The molecule has 0 unspecified atom stereocenters. The van der Waals surface area contributed by atoms with Crippen molar-refractivity contribution in [2.24, 2.45) is 0 Å². The highest BCUT2D eigenvalue weighted by Crippen LogP contribution is 2.43. The van der Waals surface area contributed by atoms with Crippen LogP contribution in [0.1, 0.15) is 61.6 Å². The summed E-state index contributed by atoms with van der Waals surface area (Å²) in [5, 5.41) is 5.33. The number of para-hydroxylation sites is 1. The van der Waals surface area contributed by atoms with E-state index in [1.54, 1.807) is 22.5 Å². The highest BCUT2D eigenvalue weighted by molar-refractivity contribution is 7.10. The number of ether oxygens (including phenoxy) is 1. The molecule has 1 N–H and O–H groups in total. The Morgan fingerprint density at radius 1 is 1.05 bits per heavy atom. The third-order valence-electron chi connectivity index (χ3n) is 7.49. The van der Waals surface area contributed by atoms with E-state index in [1.807, 2.05) is 43.3 Å². The van der Waals surface area contributed by atoms with Crippen LogP contribution in [0.4, 0.5) is 0 Å². The zero-order valence-electron chi connectivity index (χ0n) is 22.7. The zero-order valence-corrected chi connectivity index (χ0v) is 23.5. The van der Waals surface area contributed by atoms with Crippen molar-refractivity contribution >= 4 is 23.2 Å². The Balaban J connectivity index is 1.32. The Morgan fingerprint density at radius 2 is 1.84 bits per heavy atom. The second kappa shape index (κ2) is 13.1. The number of nitrogens with zero attached hydrogens (tertiary/aromatic N) is 2. The van der Waals surface area contributed by atoms with Crippen LogP contribution in [0.3, 0.4) is 0 Å². The molecule has 2 aromatic heterocycles. The van der Waals surface area contributed by atoms with Gasteiger partial charge in [-0.2, -0.15) is 0 Å². The Hall–Kier alpha value is -3.10. The molecule has 2 heterocycles. The smallest absolute Gasteiger partial charge is 0.223 e. The normalized spacial score (nSPS) is 19.3. The number of nitrogens with one attached hydrogen (secondary N) is 1. The van der Waals surface area contributed by atoms with Crippen molar-refractivity contribution in [3.8, 4) is 5.75 Å². The van der Waals surface area contributed by atoms with E-state index in [0.29, 0.717) is 25.5 Å². The molecule has 1 aliphatic rings. The van der Waals surface area contributed by atoms with Crippen LogP contribution < -0.4 is 10.1 Å². The van der Waals surface area contributed by atoms with Gasteiger partial charge in [-0.15, -0.1) is 11.3 Å². The van der Waals surface area contributed by atoms with Gasteiger partial charge in [0.05, 0.1) is 25.0 Å². The molecule has 4 rings (SSSR count). The molecule has 0 saturated heterocycles. The van der Waals surface area contributed by atoms with E-state index in [-0.39, 0.29) is 36.2 Å². The van der Waals surface area contributed by atoms with Gasteiger partial charge in [0.25, 0.3) is 0 Å². The third kappa shape index (κ3) is 6.85. The van der Waals surface area contributed by atoms with Gasteiger partial charge in [0, 0.05) is 35.9 Å². The van der Waals surface area contributed by atoms with Gasteiger partial charge in [-0.25, -0.2) is 0 Å². The maximum Gasteiger partial charge on any atom is 0.223 e. The fraction of sp³-hybridized carbons (Fsp3) is 0.467. The molecule has 3 aromatic rings. The van der Waals surface area contributed by atoms with Gasteiger partial charge in [-0.3, -0.25) is 14.5 Å². The van der Waals surface area contributed by atoms with Gasteiger partial charge in [-0.05, 0) is 76.3 Å². The first-order valence-electron chi connectivity index (χ1n) is 13.4. The molecule has 0 bridgehead atoms. The molecule has 8 heteroatoms. The summed E-state index contributed by atoms with van der Waals surface area (Å²) < 4.78 is 11.3. The number of amides is 2. The average molecular weight is 538 g/mol. The molecule has 0 atom stereocenters. The van der Waals surface area contributed by atoms with E-state index in [1.165, 1.54) is 4.88 Å². The first-order chi connectivity index (χ1) is 18.4. The molecular weight excluding hydrogens is 498 g/mol. The fourth-order valence-electron chi connectivity index (χ4n) is 5.33. The molecule has 0 radical (unpaired) electrons. The lowest BCUT2D eigenvalue weighted by Gasteiger charge is -2.44. The standard InChI is InChI=1S/C30H39N3O4S/c1-4-36-26-11-6-5-9-23(26)21-33(22-25-10-7-19-37-25)29(35)14-13-28(34)31-24-15-17-30(18-16-24,32(2)3)27-12-8-20-38-27/h5-12,19-20,24H,4,13-18,21-22H2,1-3H3,(H,31,34). The maximum absolute atomic E-state index is 13.3. The van der Waals surface area contributed by atoms with Gasteiger partial charge >= 0.3 is 0 Å². The average Bonchev–Trinajstić information content (AvgIpc) is 3.64.